The van der Waals surface area contributed by atoms with Crippen molar-refractivity contribution >= 4 is 36.6 Å². The lowest BCUT2D eigenvalue weighted by atomic mass is 10.1. The second kappa shape index (κ2) is 3.88. The average molecular weight is 253 g/mol. The fourth-order valence-electron chi connectivity index (χ4n) is 1.05. The van der Waals surface area contributed by atoms with E-state index in [1.807, 2.05) is 0 Å². The van der Waals surface area contributed by atoms with Crippen molar-refractivity contribution < 1.29 is 13.2 Å². The molecular weight excluding hydrogens is 247 g/mol. The molecule has 0 aromatic heterocycles. The molecule has 0 amide bonds. The highest BCUT2D eigenvalue weighted by Crippen LogP contribution is 2.21. The minimum Gasteiger partial charge on any atom is -0.276 e. The quantitative estimate of drug-likeness (QED) is 0.760. The number of halogens is 2. The summed E-state index contributed by atoms with van der Waals surface area (Å²) in [6.07, 6.45) is 0. The smallest absolute Gasteiger partial charge is 0.261 e. The Bertz CT molecular complexity index is 479. The minimum absolute atomic E-state index is 0.0131. The summed E-state index contributed by atoms with van der Waals surface area (Å²) in [5, 5.41) is -0.633. The number of rotatable bonds is 2. The van der Waals surface area contributed by atoms with Crippen molar-refractivity contribution in [3.63, 3.8) is 0 Å². The molecule has 0 saturated carbocycles. The second-order valence-electron chi connectivity index (χ2n) is 2.69. The number of aryl methyl sites for hydroxylation is 1. The molecular formula is C8H6Cl2O3S. The van der Waals surface area contributed by atoms with Gasteiger partial charge in [0.05, 0.1) is 4.90 Å². The molecule has 0 fully saturated rings. The normalized spacial score (nSPS) is 11.4. The highest BCUT2D eigenvalue weighted by molar-refractivity contribution is 8.13. The molecule has 0 saturated heterocycles. The Morgan fingerprint density at radius 1 is 1.36 bits per heavy atom. The summed E-state index contributed by atoms with van der Waals surface area (Å²) in [6.45, 7) is 1.54. The standard InChI is InChI=1S/C8H6Cl2O3S/c1-5-4-6(8(9)11)2-3-7(5)14(10,12)13/h2-4H,1H3. The van der Waals surface area contributed by atoms with E-state index in [2.05, 4.69) is 0 Å². The van der Waals surface area contributed by atoms with Gasteiger partial charge in [0, 0.05) is 16.2 Å². The van der Waals surface area contributed by atoms with E-state index in [1.165, 1.54) is 18.2 Å². The maximum atomic E-state index is 11.0. The highest BCUT2D eigenvalue weighted by Gasteiger charge is 2.14. The monoisotopic (exact) mass is 252 g/mol. The first-order valence-corrected chi connectivity index (χ1v) is 6.26. The van der Waals surface area contributed by atoms with E-state index in [9.17, 15) is 13.2 Å². The summed E-state index contributed by atoms with van der Waals surface area (Å²) >= 11 is 5.22. The van der Waals surface area contributed by atoms with Gasteiger partial charge in [-0.2, -0.15) is 0 Å². The van der Waals surface area contributed by atoms with Gasteiger partial charge in [-0.1, -0.05) is 0 Å². The third-order valence-corrected chi connectivity index (χ3v) is 3.36. The zero-order valence-corrected chi connectivity index (χ0v) is 9.45. The van der Waals surface area contributed by atoms with E-state index in [4.69, 9.17) is 22.3 Å². The molecule has 1 rings (SSSR count). The molecule has 76 valence electrons. The molecule has 1 aromatic carbocycles. The van der Waals surface area contributed by atoms with Gasteiger partial charge in [-0.3, -0.25) is 4.79 Å². The Labute approximate surface area is 91.1 Å². The molecule has 0 bridgehead atoms. The Balaban J connectivity index is 3.35. The second-order valence-corrected chi connectivity index (χ2v) is 5.57. The van der Waals surface area contributed by atoms with Crippen LogP contribution in [0.2, 0.25) is 0 Å². The molecule has 6 heteroatoms. The summed E-state index contributed by atoms with van der Waals surface area (Å²) in [4.78, 5) is 10.7. The maximum Gasteiger partial charge on any atom is 0.261 e. The maximum absolute atomic E-state index is 11.0. The third-order valence-electron chi connectivity index (χ3n) is 1.66. The van der Waals surface area contributed by atoms with E-state index < -0.39 is 14.3 Å². The predicted molar refractivity (Wildman–Crippen MR) is 54.4 cm³/mol. The molecule has 3 nitrogen and oxygen atoms in total. The van der Waals surface area contributed by atoms with Gasteiger partial charge in [-0.25, -0.2) is 8.42 Å². The van der Waals surface area contributed by atoms with Crippen molar-refractivity contribution in [2.24, 2.45) is 0 Å². The van der Waals surface area contributed by atoms with Crippen molar-refractivity contribution in [2.75, 3.05) is 0 Å². The molecule has 0 aliphatic heterocycles. The first-order valence-electron chi connectivity index (χ1n) is 3.57. The van der Waals surface area contributed by atoms with Crippen molar-refractivity contribution in [3.05, 3.63) is 29.3 Å². The summed E-state index contributed by atoms with van der Waals surface area (Å²) < 4.78 is 22.0. The molecule has 0 aliphatic carbocycles. The van der Waals surface area contributed by atoms with Gasteiger partial charge in [0.2, 0.25) is 0 Å². The number of benzene rings is 1. The van der Waals surface area contributed by atoms with Crippen molar-refractivity contribution in [2.45, 2.75) is 11.8 Å². The summed E-state index contributed by atoms with van der Waals surface area (Å²) in [6, 6.07) is 3.95. The molecule has 0 aliphatic rings. The molecule has 0 spiro atoms. The number of hydrogen-bond acceptors (Lipinski definition) is 3. The predicted octanol–water partition coefficient (Wildman–Crippen LogP) is 2.30. The van der Waals surface area contributed by atoms with Crippen LogP contribution in [-0.2, 0) is 9.05 Å². The molecule has 0 radical (unpaired) electrons. The van der Waals surface area contributed by atoms with Gasteiger partial charge in [-0.05, 0) is 42.3 Å². The van der Waals surface area contributed by atoms with E-state index in [1.54, 1.807) is 6.92 Å². The van der Waals surface area contributed by atoms with Crippen LogP contribution in [0.15, 0.2) is 23.1 Å². The van der Waals surface area contributed by atoms with Gasteiger partial charge < -0.3 is 0 Å². The molecule has 1 aromatic rings. The molecule has 0 atom stereocenters. The van der Waals surface area contributed by atoms with Crippen LogP contribution in [0.3, 0.4) is 0 Å². The number of carbonyl (C=O) groups is 1. The zero-order chi connectivity index (χ0) is 10.9. The summed E-state index contributed by atoms with van der Waals surface area (Å²) in [5.74, 6) is 0. The largest absolute Gasteiger partial charge is 0.276 e. The van der Waals surface area contributed by atoms with Crippen molar-refractivity contribution in [1.82, 2.24) is 0 Å². The van der Waals surface area contributed by atoms with Crippen molar-refractivity contribution in [1.29, 1.82) is 0 Å². The van der Waals surface area contributed by atoms with Gasteiger partial charge >= 0.3 is 0 Å². The van der Waals surface area contributed by atoms with Crippen LogP contribution < -0.4 is 0 Å². The lowest BCUT2D eigenvalue weighted by molar-refractivity contribution is 0.108. The summed E-state index contributed by atoms with van der Waals surface area (Å²) in [7, 11) is 1.39. The first-order chi connectivity index (χ1) is 6.32. The molecule has 14 heavy (non-hydrogen) atoms. The molecule has 0 unspecified atom stereocenters. The lowest BCUT2D eigenvalue weighted by Gasteiger charge is -2.02. The number of hydrogen-bond donors (Lipinski definition) is 0. The fraction of sp³-hybridized carbons (Fsp3) is 0.125. The van der Waals surface area contributed by atoms with Crippen molar-refractivity contribution in [3.8, 4) is 0 Å². The van der Waals surface area contributed by atoms with E-state index >= 15 is 0 Å². The Morgan fingerprint density at radius 3 is 2.29 bits per heavy atom. The first kappa shape index (κ1) is 11.5. The van der Waals surface area contributed by atoms with E-state index in [-0.39, 0.29) is 10.5 Å². The Morgan fingerprint density at radius 2 is 1.93 bits per heavy atom. The topological polar surface area (TPSA) is 51.2 Å². The van der Waals surface area contributed by atoms with Crippen LogP contribution in [0.4, 0.5) is 0 Å². The van der Waals surface area contributed by atoms with Gasteiger partial charge in [0.15, 0.2) is 0 Å². The van der Waals surface area contributed by atoms with Crippen LogP contribution in [-0.4, -0.2) is 13.7 Å². The highest BCUT2D eigenvalue weighted by atomic mass is 35.7. The van der Waals surface area contributed by atoms with Gasteiger partial charge in [-0.15, -0.1) is 0 Å². The van der Waals surface area contributed by atoms with Gasteiger partial charge in [0.25, 0.3) is 14.3 Å². The van der Waals surface area contributed by atoms with Crippen LogP contribution in [0.5, 0.6) is 0 Å². The van der Waals surface area contributed by atoms with E-state index in [0.29, 0.717) is 5.56 Å². The molecule has 0 heterocycles. The zero-order valence-electron chi connectivity index (χ0n) is 7.12. The Hall–Kier alpha value is -0.580. The lowest BCUT2D eigenvalue weighted by Crippen LogP contribution is -1.97. The van der Waals surface area contributed by atoms with Gasteiger partial charge in [0.1, 0.15) is 0 Å². The fourth-order valence-corrected chi connectivity index (χ4v) is 2.36. The van der Waals surface area contributed by atoms with Crippen LogP contribution in [0, 0.1) is 6.92 Å². The van der Waals surface area contributed by atoms with Crippen LogP contribution in [0.1, 0.15) is 15.9 Å². The summed E-state index contributed by atoms with van der Waals surface area (Å²) in [5.41, 5.74) is 0.639. The average Bonchev–Trinajstić information content (AvgIpc) is 2.01. The van der Waals surface area contributed by atoms with Crippen LogP contribution >= 0.6 is 22.3 Å². The molecule has 0 N–H and O–H groups in total. The van der Waals surface area contributed by atoms with E-state index in [0.717, 1.165) is 0 Å². The SMILES string of the molecule is Cc1cc(C(=O)Cl)ccc1S(=O)(=O)Cl. The Kier molecular flexibility index (Phi) is 3.19. The minimum atomic E-state index is -3.76. The number of carbonyl (C=O) groups excluding carboxylic acids is 1. The van der Waals surface area contributed by atoms with Crippen LogP contribution in [0.25, 0.3) is 0 Å². The third kappa shape index (κ3) is 2.47.